The Morgan fingerprint density at radius 1 is 1.06 bits per heavy atom. The molecule has 0 bridgehead atoms. The Labute approximate surface area is 186 Å². The van der Waals surface area contributed by atoms with E-state index >= 15 is 0 Å². The van der Waals surface area contributed by atoms with Crippen molar-refractivity contribution in [2.45, 2.75) is 13.0 Å². The largest absolute Gasteiger partial charge is 0.507 e. The minimum absolute atomic E-state index is 0.0224. The Kier molecular flexibility index (Phi) is 7.86. The maximum Gasteiger partial charge on any atom is 0.295 e. The average molecular weight is 441 g/mol. The molecule has 1 heterocycles. The fraction of sp³-hybridized carbons (Fsp3) is 0.333. The number of carbonyl (C=O) groups excluding carboxylic acids is 2. The van der Waals surface area contributed by atoms with E-state index in [9.17, 15) is 14.7 Å². The normalized spacial score (nSPS) is 17.6. The van der Waals surface area contributed by atoms with E-state index in [1.165, 1.54) is 12.0 Å². The molecule has 0 radical (unpaired) electrons. The van der Waals surface area contributed by atoms with Gasteiger partial charge in [0.05, 0.1) is 45.2 Å². The molecule has 0 spiro atoms. The molecule has 3 rings (SSSR count). The molecule has 2 N–H and O–H groups in total. The quantitative estimate of drug-likeness (QED) is 0.253. The number of carbonyl (C=O) groups is 2. The van der Waals surface area contributed by atoms with E-state index in [1.807, 2.05) is 6.92 Å². The number of likely N-dealkylation sites (tertiary alicyclic amines) is 1. The summed E-state index contributed by atoms with van der Waals surface area (Å²) in [5.74, 6) is -0.679. The third kappa shape index (κ3) is 4.76. The molecule has 1 saturated heterocycles. The summed E-state index contributed by atoms with van der Waals surface area (Å²) in [7, 11) is 1.50. The summed E-state index contributed by atoms with van der Waals surface area (Å²) in [6, 6.07) is 12.8. The van der Waals surface area contributed by atoms with Crippen molar-refractivity contribution in [3.63, 3.8) is 0 Å². The molecule has 2 aromatic rings. The third-order valence-electron chi connectivity index (χ3n) is 5.12. The molecular formula is C24H27NO7. The Hall–Kier alpha value is -3.36. The fourth-order valence-corrected chi connectivity index (χ4v) is 3.69. The molecule has 0 aliphatic carbocycles. The maximum absolute atomic E-state index is 13.0. The number of Topliss-reactive ketones (excluding diaryl/α,β-unsaturated/α-hetero) is 1. The van der Waals surface area contributed by atoms with E-state index < -0.39 is 17.7 Å². The van der Waals surface area contributed by atoms with Crippen LogP contribution in [-0.4, -0.2) is 66.9 Å². The van der Waals surface area contributed by atoms with Gasteiger partial charge >= 0.3 is 0 Å². The van der Waals surface area contributed by atoms with Crippen molar-refractivity contribution in [3.05, 3.63) is 65.2 Å². The number of ketones is 1. The Bertz CT molecular complexity index is 984. The second kappa shape index (κ2) is 10.8. The van der Waals surface area contributed by atoms with Gasteiger partial charge in [-0.15, -0.1) is 0 Å². The van der Waals surface area contributed by atoms with Crippen LogP contribution in [-0.2, 0) is 14.3 Å². The van der Waals surface area contributed by atoms with E-state index in [0.717, 1.165) is 0 Å². The number of nitrogens with zero attached hydrogens (tertiary/aromatic N) is 1. The lowest BCUT2D eigenvalue weighted by Crippen LogP contribution is -2.33. The molecule has 1 aliphatic rings. The van der Waals surface area contributed by atoms with Crippen molar-refractivity contribution >= 4 is 17.4 Å². The monoisotopic (exact) mass is 441 g/mol. The summed E-state index contributed by atoms with van der Waals surface area (Å²) in [6.45, 7) is 2.58. The lowest BCUT2D eigenvalue weighted by atomic mass is 9.94. The van der Waals surface area contributed by atoms with Gasteiger partial charge < -0.3 is 29.3 Å². The highest BCUT2D eigenvalue weighted by molar-refractivity contribution is 6.46. The van der Waals surface area contributed by atoms with E-state index in [2.05, 4.69) is 0 Å². The second-order valence-corrected chi connectivity index (χ2v) is 7.03. The van der Waals surface area contributed by atoms with E-state index in [4.69, 9.17) is 19.3 Å². The highest BCUT2D eigenvalue weighted by Gasteiger charge is 2.46. The lowest BCUT2D eigenvalue weighted by molar-refractivity contribution is -0.140. The molecule has 1 unspecified atom stereocenters. The lowest BCUT2D eigenvalue weighted by Gasteiger charge is -2.26. The zero-order valence-corrected chi connectivity index (χ0v) is 18.1. The molecule has 1 fully saturated rings. The van der Waals surface area contributed by atoms with Gasteiger partial charge in [-0.1, -0.05) is 18.2 Å². The number of aliphatic hydroxyl groups is 2. The molecule has 2 aromatic carbocycles. The van der Waals surface area contributed by atoms with Crippen molar-refractivity contribution in [1.29, 1.82) is 0 Å². The number of rotatable bonds is 10. The fourth-order valence-electron chi connectivity index (χ4n) is 3.69. The van der Waals surface area contributed by atoms with Crippen LogP contribution in [0.2, 0.25) is 0 Å². The van der Waals surface area contributed by atoms with Gasteiger partial charge in [0.1, 0.15) is 17.3 Å². The van der Waals surface area contributed by atoms with Gasteiger partial charge in [-0.2, -0.15) is 0 Å². The maximum atomic E-state index is 13.0. The van der Waals surface area contributed by atoms with Crippen molar-refractivity contribution < 1.29 is 34.0 Å². The Morgan fingerprint density at radius 2 is 1.78 bits per heavy atom. The summed E-state index contributed by atoms with van der Waals surface area (Å²) >= 11 is 0. The molecule has 8 nitrogen and oxygen atoms in total. The summed E-state index contributed by atoms with van der Waals surface area (Å²) < 4.78 is 16.2. The number of hydrogen-bond donors (Lipinski definition) is 2. The number of para-hydroxylation sites is 1. The minimum atomic E-state index is -0.851. The van der Waals surface area contributed by atoms with Gasteiger partial charge in [0, 0.05) is 17.7 Å². The number of ether oxygens (including phenoxy) is 3. The number of benzene rings is 2. The topological polar surface area (TPSA) is 106 Å². The zero-order valence-electron chi connectivity index (χ0n) is 18.1. The minimum Gasteiger partial charge on any atom is -0.507 e. The van der Waals surface area contributed by atoms with Gasteiger partial charge in [0.15, 0.2) is 0 Å². The number of methoxy groups -OCH3 is 1. The summed E-state index contributed by atoms with van der Waals surface area (Å²) in [5.41, 5.74) is 0.942. The van der Waals surface area contributed by atoms with Gasteiger partial charge in [-0.05, 0) is 37.3 Å². The second-order valence-electron chi connectivity index (χ2n) is 7.03. The Morgan fingerprint density at radius 3 is 2.44 bits per heavy atom. The average Bonchev–Trinajstić information content (AvgIpc) is 3.06. The molecule has 1 amide bonds. The summed E-state index contributed by atoms with van der Waals surface area (Å²) in [6.07, 6.45) is 0. The smallest absolute Gasteiger partial charge is 0.295 e. The van der Waals surface area contributed by atoms with Crippen LogP contribution in [0.3, 0.4) is 0 Å². The van der Waals surface area contributed by atoms with Crippen LogP contribution < -0.4 is 9.47 Å². The highest BCUT2D eigenvalue weighted by Crippen LogP contribution is 2.42. The van der Waals surface area contributed by atoms with Crippen molar-refractivity contribution in [2.24, 2.45) is 0 Å². The van der Waals surface area contributed by atoms with Crippen LogP contribution >= 0.6 is 0 Å². The van der Waals surface area contributed by atoms with Crippen molar-refractivity contribution in [1.82, 2.24) is 4.90 Å². The van der Waals surface area contributed by atoms with Gasteiger partial charge in [-0.3, -0.25) is 9.59 Å². The Balaban J connectivity index is 2.07. The molecule has 1 atom stereocenters. The standard InChI is InChI=1S/C24H27NO7/c1-3-32-17-10-8-16(9-11-17)22(27)20-21(18-6-4-5-7-19(18)30-2)25(24(29)23(20)28)12-14-31-15-13-26/h4-11,21,26-27H,3,12-15H2,1-2H3/b22-20-. The van der Waals surface area contributed by atoms with Gasteiger partial charge in [0.25, 0.3) is 11.7 Å². The predicted molar refractivity (Wildman–Crippen MR) is 118 cm³/mol. The van der Waals surface area contributed by atoms with E-state index in [1.54, 1.807) is 48.5 Å². The van der Waals surface area contributed by atoms with E-state index in [-0.39, 0.29) is 37.7 Å². The van der Waals surface area contributed by atoms with Crippen LogP contribution in [0.5, 0.6) is 11.5 Å². The van der Waals surface area contributed by atoms with Crippen LogP contribution in [0.25, 0.3) is 5.76 Å². The van der Waals surface area contributed by atoms with Gasteiger partial charge in [0.2, 0.25) is 0 Å². The van der Waals surface area contributed by atoms with Crippen LogP contribution in [0.1, 0.15) is 24.1 Å². The molecule has 1 aliphatic heterocycles. The molecule has 0 saturated carbocycles. The van der Waals surface area contributed by atoms with Crippen molar-refractivity contribution in [3.8, 4) is 11.5 Å². The summed E-state index contributed by atoms with van der Waals surface area (Å²) in [4.78, 5) is 27.3. The molecule has 8 heteroatoms. The molecular weight excluding hydrogens is 414 g/mol. The molecule has 32 heavy (non-hydrogen) atoms. The van der Waals surface area contributed by atoms with Crippen LogP contribution in [0, 0.1) is 0 Å². The summed E-state index contributed by atoms with van der Waals surface area (Å²) in [5, 5.41) is 20.0. The van der Waals surface area contributed by atoms with Crippen LogP contribution in [0.15, 0.2) is 54.1 Å². The first-order valence-corrected chi connectivity index (χ1v) is 10.4. The molecule has 0 aromatic heterocycles. The first-order valence-electron chi connectivity index (χ1n) is 10.4. The SMILES string of the molecule is CCOc1ccc(/C(O)=C2/C(=O)C(=O)N(CCOCCO)C2c2ccccc2OC)cc1. The first-order chi connectivity index (χ1) is 15.5. The number of aliphatic hydroxyl groups excluding tert-OH is 2. The van der Waals surface area contributed by atoms with E-state index in [0.29, 0.717) is 29.2 Å². The first kappa shape index (κ1) is 23.3. The predicted octanol–water partition coefficient (Wildman–Crippen LogP) is 2.52. The number of hydrogen-bond acceptors (Lipinski definition) is 7. The third-order valence-corrected chi connectivity index (χ3v) is 5.12. The highest BCUT2D eigenvalue weighted by atomic mass is 16.5. The van der Waals surface area contributed by atoms with Gasteiger partial charge in [-0.25, -0.2) is 0 Å². The van der Waals surface area contributed by atoms with Crippen molar-refractivity contribution in [2.75, 3.05) is 40.1 Å². The molecule has 170 valence electrons. The zero-order chi connectivity index (χ0) is 23.1. The van der Waals surface area contributed by atoms with Crippen LogP contribution in [0.4, 0.5) is 0 Å². The number of amides is 1.